The van der Waals surface area contributed by atoms with E-state index in [1.54, 1.807) is 0 Å². The van der Waals surface area contributed by atoms with Gasteiger partial charge in [0.05, 0.1) is 17.1 Å². The van der Waals surface area contributed by atoms with Gasteiger partial charge in [0, 0.05) is 13.0 Å². The quantitative estimate of drug-likeness (QED) is 0.868. The zero-order valence-corrected chi connectivity index (χ0v) is 12.3. The van der Waals surface area contributed by atoms with Gasteiger partial charge < -0.3 is 9.67 Å². The van der Waals surface area contributed by atoms with Crippen LogP contribution in [0.3, 0.4) is 0 Å². The maximum Gasteiger partial charge on any atom is 0.110 e. The maximum absolute atomic E-state index is 9.98. The van der Waals surface area contributed by atoms with Crippen molar-refractivity contribution in [3.63, 3.8) is 0 Å². The first-order chi connectivity index (χ1) is 9.78. The molecule has 0 saturated heterocycles. The molecule has 108 valence electrons. The molecule has 0 radical (unpaired) electrons. The molecule has 3 heteroatoms. The lowest BCUT2D eigenvalue weighted by Gasteiger charge is -2.16. The summed E-state index contributed by atoms with van der Waals surface area (Å²) in [7, 11) is 0. The molecule has 20 heavy (non-hydrogen) atoms. The first kappa shape index (κ1) is 13.6. The average molecular weight is 272 g/mol. The number of aryl methyl sites for hydroxylation is 1. The van der Waals surface area contributed by atoms with Gasteiger partial charge in [0.15, 0.2) is 0 Å². The van der Waals surface area contributed by atoms with Gasteiger partial charge in [-0.2, -0.15) is 0 Å². The zero-order chi connectivity index (χ0) is 13.9. The van der Waals surface area contributed by atoms with Crippen LogP contribution in [0.1, 0.15) is 44.9 Å². The zero-order valence-electron chi connectivity index (χ0n) is 12.3. The minimum Gasteiger partial charge on any atom is -0.393 e. The molecule has 1 N–H and O–H groups in total. The normalized spacial score (nSPS) is 23.9. The number of nitrogens with zero attached hydrogens (tertiary/aromatic N) is 2. The third kappa shape index (κ3) is 2.73. The molecule has 1 heterocycles. The van der Waals surface area contributed by atoms with Gasteiger partial charge >= 0.3 is 0 Å². The number of para-hydroxylation sites is 2. The highest BCUT2D eigenvalue weighted by Crippen LogP contribution is 2.27. The molecule has 1 aliphatic carbocycles. The van der Waals surface area contributed by atoms with E-state index >= 15 is 0 Å². The van der Waals surface area contributed by atoms with Crippen molar-refractivity contribution in [2.75, 3.05) is 0 Å². The number of imidazole rings is 1. The monoisotopic (exact) mass is 272 g/mol. The summed E-state index contributed by atoms with van der Waals surface area (Å²) >= 11 is 0. The highest BCUT2D eigenvalue weighted by molar-refractivity contribution is 5.75. The molecular weight excluding hydrogens is 248 g/mol. The first-order valence-electron chi connectivity index (χ1n) is 7.90. The first-order valence-corrected chi connectivity index (χ1v) is 7.90. The lowest BCUT2D eigenvalue weighted by Crippen LogP contribution is -2.15. The van der Waals surface area contributed by atoms with E-state index in [0.29, 0.717) is 5.92 Å². The molecule has 0 spiro atoms. The van der Waals surface area contributed by atoms with Crippen molar-refractivity contribution in [2.24, 2.45) is 5.92 Å². The Morgan fingerprint density at radius 3 is 2.90 bits per heavy atom. The maximum atomic E-state index is 9.98. The molecule has 3 rings (SSSR count). The van der Waals surface area contributed by atoms with E-state index in [2.05, 4.69) is 35.8 Å². The lowest BCUT2D eigenvalue weighted by atomic mass is 9.95. The van der Waals surface area contributed by atoms with Crippen LogP contribution in [0.4, 0.5) is 0 Å². The minimum atomic E-state index is -0.109. The van der Waals surface area contributed by atoms with Crippen molar-refractivity contribution in [1.29, 1.82) is 0 Å². The van der Waals surface area contributed by atoms with Gasteiger partial charge in [-0.25, -0.2) is 4.98 Å². The molecule has 1 aromatic heterocycles. The number of aliphatic hydroxyl groups is 1. The molecule has 1 fully saturated rings. The van der Waals surface area contributed by atoms with Crippen molar-refractivity contribution < 1.29 is 5.11 Å². The predicted octanol–water partition coefficient (Wildman–Crippen LogP) is 3.54. The van der Waals surface area contributed by atoms with Crippen LogP contribution in [0.5, 0.6) is 0 Å². The van der Waals surface area contributed by atoms with Crippen molar-refractivity contribution in [3.05, 3.63) is 30.1 Å². The summed E-state index contributed by atoms with van der Waals surface area (Å²) in [5.74, 6) is 1.77. The van der Waals surface area contributed by atoms with Gasteiger partial charge in [-0.1, -0.05) is 25.0 Å². The Hall–Kier alpha value is -1.35. The van der Waals surface area contributed by atoms with Crippen molar-refractivity contribution in [2.45, 2.75) is 58.1 Å². The summed E-state index contributed by atoms with van der Waals surface area (Å²) in [6.07, 6.45) is 6.44. The summed E-state index contributed by atoms with van der Waals surface area (Å²) in [5.41, 5.74) is 2.33. The predicted molar refractivity (Wildman–Crippen MR) is 81.7 cm³/mol. The highest BCUT2D eigenvalue weighted by atomic mass is 16.3. The van der Waals surface area contributed by atoms with Crippen LogP contribution < -0.4 is 0 Å². The van der Waals surface area contributed by atoms with E-state index in [4.69, 9.17) is 4.98 Å². The second kappa shape index (κ2) is 5.96. The lowest BCUT2D eigenvalue weighted by molar-refractivity contribution is 0.140. The number of aliphatic hydroxyl groups excluding tert-OH is 1. The van der Waals surface area contributed by atoms with Crippen LogP contribution in [-0.2, 0) is 13.0 Å². The Labute approximate surface area is 120 Å². The van der Waals surface area contributed by atoms with Gasteiger partial charge in [0.25, 0.3) is 0 Å². The number of benzene rings is 1. The number of rotatable bonds is 3. The van der Waals surface area contributed by atoms with Crippen LogP contribution in [0, 0.1) is 5.92 Å². The van der Waals surface area contributed by atoms with E-state index in [0.717, 1.165) is 31.3 Å². The molecule has 1 aromatic carbocycles. The summed E-state index contributed by atoms with van der Waals surface area (Å²) in [6, 6.07) is 8.37. The summed E-state index contributed by atoms with van der Waals surface area (Å²) in [5, 5.41) is 9.98. The number of aromatic nitrogens is 2. The van der Waals surface area contributed by atoms with Crippen molar-refractivity contribution in [3.8, 4) is 0 Å². The molecule has 0 amide bonds. The molecule has 1 saturated carbocycles. The smallest absolute Gasteiger partial charge is 0.110 e. The number of hydrogen-bond acceptors (Lipinski definition) is 2. The molecule has 2 atom stereocenters. The fourth-order valence-corrected chi connectivity index (χ4v) is 3.51. The van der Waals surface area contributed by atoms with Crippen molar-refractivity contribution >= 4 is 11.0 Å². The standard InChI is InChI=1S/C17H24N2O/c1-2-19-16-10-6-5-9-15(16)18-17(19)12-13-7-3-4-8-14(20)11-13/h5-6,9-10,13-14,20H,2-4,7-8,11-12H2,1H3. The minimum absolute atomic E-state index is 0.109. The average Bonchev–Trinajstić information content (AvgIpc) is 2.66. The molecule has 0 aliphatic heterocycles. The third-order valence-corrected chi connectivity index (χ3v) is 4.53. The van der Waals surface area contributed by atoms with E-state index in [1.165, 1.54) is 30.6 Å². The number of fused-ring (bicyclic) bond motifs is 1. The molecule has 2 unspecified atom stereocenters. The van der Waals surface area contributed by atoms with Gasteiger partial charge in [0.1, 0.15) is 5.82 Å². The molecule has 1 aliphatic rings. The second-order valence-corrected chi connectivity index (χ2v) is 6.01. The van der Waals surface area contributed by atoms with Crippen LogP contribution in [0.15, 0.2) is 24.3 Å². The highest BCUT2D eigenvalue weighted by Gasteiger charge is 2.21. The van der Waals surface area contributed by atoms with E-state index in [1.807, 2.05) is 0 Å². The molecule has 0 bridgehead atoms. The Morgan fingerprint density at radius 1 is 1.25 bits per heavy atom. The van der Waals surface area contributed by atoms with E-state index < -0.39 is 0 Å². The van der Waals surface area contributed by atoms with Gasteiger partial charge in [-0.05, 0) is 44.2 Å². The van der Waals surface area contributed by atoms with Crippen LogP contribution in [0.2, 0.25) is 0 Å². The second-order valence-electron chi connectivity index (χ2n) is 6.01. The Balaban J connectivity index is 1.86. The Morgan fingerprint density at radius 2 is 2.05 bits per heavy atom. The van der Waals surface area contributed by atoms with Crippen LogP contribution >= 0.6 is 0 Å². The SMILES string of the molecule is CCn1c(CC2CCCCC(O)C2)nc2ccccc21. The van der Waals surface area contributed by atoms with Crippen LogP contribution in [-0.4, -0.2) is 20.8 Å². The largest absolute Gasteiger partial charge is 0.393 e. The molecule has 3 nitrogen and oxygen atoms in total. The summed E-state index contributed by atoms with van der Waals surface area (Å²) < 4.78 is 2.33. The van der Waals surface area contributed by atoms with Gasteiger partial charge in [0.2, 0.25) is 0 Å². The molecule has 2 aromatic rings. The van der Waals surface area contributed by atoms with E-state index in [-0.39, 0.29) is 6.10 Å². The Bertz CT molecular complexity index is 575. The summed E-state index contributed by atoms with van der Waals surface area (Å²) in [4.78, 5) is 4.81. The fraction of sp³-hybridized carbons (Fsp3) is 0.588. The topological polar surface area (TPSA) is 38.0 Å². The summed E-state index contributed by atoms with van der Waals surface area (Å²) in [6.45, 7) is 3.14. The molecular formula is C17H24N2O. The fourth-order valence-electron chi connectivity index (χ4n) is 3.51. The Kier molecular flexibility index (Phi) is 4.06. The van der Waals surface area contributed by atoms with Gasteiger partial charge in [-0.3, -0.25) is 0 Å². The van der Waals surface area contributed by atoms with E-state index in [9.17, 15) is 5.11 Å². The van der Waals surface area contributed by atoms with Crippen molar-refractivity contribution in [1.82, 2.24) is 9.55 Å². The van der Waals surface area contributed by atoms with Crippen LogP contribution in [0.25, 0.3) is 11.0 Å². The number of hydrogen-bond donors (Lipinski definition) is 1. The third-order valence-electron chi connectivity index (χ3n) is 4.53. The van der Waals surface area contributed by atoms with Gasteiger partial charge in [-0.15, -0.1) is 0 Å².